The van der Waals surface area contributed by atoms with Crippen molar-refractivity contribution in [3.8, 4) is 0 Å². The fourth-order valence-corrected chi connectivity index (χ4v) is 2.35. The lowest BCUT2D eigenvalue weighted by atomic mass is 10.1. The van der Waals surface area contributed by atoms with Gasteiger partial charge in [0.1, 0.15) is 6.23 Å². The van der Waals surface area contributed by atoms with Crippen LogP contribution in [0.1, 0.15) is 97.8 Å². The van der Waals surface area contributed by atoms with Crippen LogP contribution in [0.2, 0.25) is 0 Å². The van der Waals surface area contributed by atoms with Crippen LogP contribution in [0.5, 0.6) is 0 Å². The Kier molecular flexibility index (Phi) is 16.9. The lowest BCUT2D eigenvalue weighted by Gasteiger charge is -2.17. The van der Waals surface area contributed by atoms with Crippen molar-refractivity contribution in [2.45, 2.75) is 104 Å². The van der Waals surface area contributed by atoms with Gasteiger partial charge in [0, 0.05) is 13.2 Å². The van der Waals surface area contributed by atoms with Gasteiger partial charge in [-0.3, -0.25) is 5.32 Å². The first-order valence-electron chi connectivity index (χ1n) is 9.04. The van der Waals surface area contributed by atoms with Crippen LogP contribution < -0.4 is 5.32 Å². The lowest BCUT2D eigenvalue weighted by molar-refractivity contribution is 0.0304. The minimum atomic E-state index is 0.216. The van der Waals surface area contributed by atoms with Crippen LogP contribution in [-0.4, -0.2) is 12.8 Å². The van der Waals surface area contributed by atoms with E-state index < -0.39 is 0 Å². The highest BCUT2D eigenvalue weighted by atomic mass is 16.5. The first-order valence-corrected chi connectivity index (χ1v) is 9.04. The van der Waals surface area contributed by atoms with E-state index in [9.17, 15) is 0 Å². The third-order valence-corrected chi connectivity index (χ3v) is 3.70. The van der Waals surface area contributed by atoms with Gasteiger partial charge in [0.25, 0.3) is 0 Å². The molecular formula is C18H38NO. The van der Waals surface area contributed by atoms with Crippen molar-refractivity contribution < 1.29 is 4.74 Å². The van der Waals surface area contributed by atoms with Crippen molar-refractivity contribution in [1.29, 1.82) is 0 Å². The molecule has 20 heavy (non-hydrogen) atoms. The van der Waals surface area contributed by atoms with E-state index in [2.05, 4.69) is 32.6 Å². The van der Waals surface area contributed by atoms with Crippen LogP contribution in [0.25, 0.3) is 0 Å². The lowest BCUT2D eigenvalue weighted by Crippen LogP contribution is -2.29. The molecule has 0 aliphatic carbocycles. The third kappa shape index (κ3) is 14.3. The second-order valence-electron chi connectivity index (χ2n) is 5.73. The van der Waals surface area contributed by atoms with E-state index in [1.54, 1.807) is 0 Å². The molecule has 0 aliphatic rings. The van der Waals surface area contributed by atoms with Crippen LogP contribution in [0.3, 0.4) is 0 Å². The van der Waals surface area contributed by atoms with Crippen LogP contribution in [0.15, 0.2) is 0 Å². The molecule has 0 spiro atoms. The molecule has 0 aromatic rings. The Morgan fingerprint density at radius 3 is 1.85 bits per heavy atom. The van der Waals surface area contributed by atoms with Crippen LogP contribution >= 0.6 is 0 Å². The van der Waals surface area contributed by atoms with Crippen LogP contribution in [-0.2, 0) is 4.74 Å². The number of hydrogen-bond acceptors (Lipinski definition) is 2. The van der Waals surface area contributed by atoms with E-state index in [1.807, 2.05) is 0 Å². The second kappa shape index (κ2) is 17.0. The van der Waals surface area contributed by atoms with Crippen molar-refractivity contribution >= 4 is 0 Å². The molecule has 0 fully saturated rings. The van der Waals surface area contributed by atoms with Gasteiger partial charge in [-0.05, 0) is 19.3 Å². The Balaban J connectivity index is 3.15. The van der Waals surface area contributed by atoms with Crippen molar-refractivity contribution in [3.05, 3.63) is 6.54 Å². The first kappa shape index (κ1) is 19.9. The molecule has 0 aromatic carbocycles. The Morgan fingerprint density at radius 2 is 1.35 bits per heavy atom. The quantitative estimate of drug-likeness (QED) is 0.285. The molecule has 1 N–H and O–H groups in total. The largest absolute Gasteiger partial charge is 0.363 e. The van der Waals surface area contributed by atoms with Gasteiger partial charge in [0.05, 0.1) is 0 Å². The highest BCUT2D eigenvalue weighted by molar-refractivity contribution is 4.62. The molecule has 1 unspecified atom stereocenters. The van der Waals surface area contributed by atoms with Gasteiger partial charge < -0.3 is 4.74 Å². The number of ether oxygens (including phenoxy) is 1. The fourth-order valence-electron chi connectivity index (χ4n) is 2.35. The van der Waals surface area contributed by atoms with Gasteiger partial charge in [-0.15, -0.1) is 0 Å². The Morgan fingerprint density at radius 1 is 0.800 bits per heavy atom. The number of nitrogens with one attached hydrogen (secondary N) is 1. The summed E-state index contributed by atoms with van der Waals surface area (Å²) < 4.78 is 5.82. The molecule has 2 nitrogen and oxygen atoms in total. The molecule has 1 atom stereocenters. The smallest absolute Gasteiger partial charge is 0.108 e. The summed E-state index contributed by atoms with van der Waals surface area (Å²) in [5.74, 6) is 0. The van der Waals surface area contributed by atoms with E-state index in [0.29, 0.717) is 0 Å². The summed E-state index contributed by atoms with van der Waals surface area (Å²) in [6.07, 6.45) is 16.1. The highest BCUT2D eigenvalue weighted by Crippen LogP contribution is 2.10. The van der Waals surface area contributed by atoms with Gasteiger partial charge in [-0.2, -0.15) is 0 Å². The molecule has 0 saturated carbocycles. The minimum absolute atomic E-state index is 0.216. The summed E-state index contributed by atoms with van der Waals surface area (Å²) in [4.78, 5) is 0. The van der Waals surface area contributed by atoms with Crippen molar-refractivity contribution in [3.63, 3.8) is 0 Å². The Bertz CT molecular complexity index is 173. The Labute approximate surface area is 128 Å². The van der Waals surface area contributed by atoms with E-state index in [0.717, 1.165) is 19.4 Å². The average molecular weight is 285 g/mol. The normalized spacial score (nSPS) is 12.8. The van der Waals surface area contributed by atoms with E-state index in [4.69, 9.17) is 4.74 Å². The molecule has 0 aliphatic heterocycles. The summed E-state index contributed by atoms with van der Waals surface area (Å²) in [7, 11) is 0. The zero-order valence-electron chi connectivity index (χ0n) is 14.3. The molecule has 121 valence electrons. The van der Waals surface area contributed by atoms with Crippen LogP contribution in [0, 0.1) is 6.54 Å². The summed E-state index contributed by atoms with van der Waals surface area (Å²) in [5.41, 5.74) is 0. The summed E-state index contributed by atoms with van der Waals surface area (Å²) >= 11 is 0. The number of hydrogen-bond donors (Lipinski definition) is 1. The van der Waals surface area contributed by atoms with Crippen molar-refractivity contribution in [2.75, 3.05) is 6.61 Å². The van der Waals surface area contributed by atoms with Gasteiger partial charge in [-0.25, -0.2) is 0 Å². The molecule has 0 amide bonds. The topological polar surface area (TPSA) is 21.3 Å². The van der Waals surface area contributed by atoms with Gasteiger partial charge in [0.2, 0.25) is 0 Å². The molecule has 0 saturated heterocycles. The van der Waals surface area contributed by atoms with E-state index in [-0.39, 0.29) is 6.23 Å². The molecular weight excluding hydrogens is 246 g/mol. The molecule has 0 rings (SSSR count). The number of rotatable bonds is 16. The maximum atomic E-state index is 5.82. The van der Waals surface area contributed by atoms with E-state index >= 15 is 0 Å². The van der Waals surface area contributed by atoms with Gasteiger partial charge >= 0.3 is 0 Å². The predicted octanol–water partition coefficient (Wildman–Crippen LogP) is 5.82. The summed E-state index contributed by atoms with van der Waals surface area (Å²) in [6.45, 7) is 9.58. The maximum Gasteiger partial charge on any atom is 0.108 e. The first-order chi connectivity index (χ1) is 9.85. The maximum absolute atomic E-state index is 5.82. The minimum Gasteiger partial charge on any atom is -0.363 e. The standard InChI is InChI=1S/C18H38NO/c1-4-7-8-9-10-11-12-13-14-15-17-20-18(6-3)19-16-5-2/h16,18-19H,4-15,17H2,1-3H3. The monoisotopic (exact) mass is 284 g/mol. The summed E-state index contributed by atoms with van der Waals surface area (Å²) in [6, 6.07) is 0. The van der Waals surface area contributed by atoms with E-state index in [1.165, 1.54) is 64.2 Å². The molecule has 0 bridgehead atoms. The molecule has 0 heterocycles. The molecule has 1 radical (unpaired) electrons. The predicted molar refractivity (Wildman–Crippen MR) is 89.6 cm³/mol. The fraction of sp³-hybridized carbons (Fsp3) is 0.944. The van der Waals surface area contributed by atoms with Crippen molar-refractivity contribution in [1.82, 2.24) is 5.32 Å². The SMILES string of the molecule is CC[CH]NC(CC)OCCCCCCCCCCCC. The van der Waals surface area contributed by atoms with Crippen molar-refractivity contribution in [2.24, 2.45) is 0 Å². The van der Waals surface area contributed by atoms with Crippen LogP contribution in [0.4, 0.5) is 0 Å². The van der Waals surface area contributed by atoms with Gasteiger partial charge in [-0.1, -0.05) is 78.6 Å². The summed E-state index contributed by atoms with van der Waals surface area (Å²) in [5, 5.41) is 3.31. The zero-order chi connectivity index (χ0) is 14.9. The Hall–Kier alpha value is -0.0800. The number of unbranched alkanes of at least 4 members (excludes halogenated alkanes) is 9. The second-order valence-corrected chi connectivity index (χ2v) is 5.73. The average Bonchev–Trinajstić information content (AvgIpc) is 2.48. The highest BCUT2D eigenvalue weighted by Gasteiger charge is 2.03. The zero-order valence-corrected chi connectivity index (χ0v) is 14.3. The molecule has 2 heteroatoms. The molecule has 0 aromatic heterocycles. The van der Waals surface area contributed by atoms with Gasteiger partial charge in [0.15, 0.2) is 0 Å². The third-order valence-electron chi connectivity index (χ3n) is 3.70.